The maximum absolute atomic E-state index is 11.4. The van der Waals surface area contributed by atoms with Crippen molar-refractivity contribution in [2.45, 2.75) is 6.54 Å². The normalized spacial score (nSPS) is 10.3. The molecule has 19 heavy (non-hydrogen) atoms. The standard InChI is InChI=1S/C13H14ClN3OS/c1-17(2)13(18)16-8-11-7-15-12(19-11)9-3-5-10(14)6-4-9/h3-7H,8H2,1-2H3,(H,16,18). The average Bonchev–Trinajstić information content (AvgIpc) is 2.85. The van der Waals surface area contributed by atoms with Crippen LogP contribution in [0.3, 0.4) is 0 Å². The number of thiazole rings is 1. The summed E-state index contributed by atoms with van der Waals surface area (Å²) in [6.07, 6.45) is 1.78. The first-order valence-corrected chi connectivity index (χ1v) is 6.91. The lowest BCUT2D eigenvalue weighted by Crippen LogP contribution is -2.33. The highest BCUT2D eigenvalue weighted by atomic mass is 35.5. The van der Waals surface area contributed by atoms with E-state index in [9.17, 15) is 4.79 Å². The van der Waals surface area contributed by atoms with Gasteiger partial charge in [-0.15, -0.1) is 11.3 Å². The first-order valence-electron chi connectivity index (χ1n) is 5.72. The van der Waals surface area contributed by atoms with Crippen molar-refractivity contribution in [2.75, 3.05) is 14.1 Å². The van der Waals surface area contributed by atoms with Crippen molar-refractivity contribution >= 4 is 29.0 Å². The van der Waals surface area contributed by atoms with Crippen LogP contribution < -0.4 is 5.32 Å². The van der Waals surface area contributed by atoms with Crippen molar-refractivity contribution in [3.63, 3.8) is 0 Å². The Bertz CT molecular complexity index is 566. The van der Waals surface area contributed by atoms with Gasteiger partial charge < -0.3 is 10.2 Å². The number of rotatable bonds is 3. The predicted octanol–water partition coefficient (Wildman–Crippen LogP) is 3.23. The topological polar surface area (TPSA) is 45.2 Å². The predicted molar refractivity (Wildman–Crippen MR) is 78.5 cm³/mol. The molecule has 100 valence electrons. The zero-order chi connectivity index (χ0) is 13.8. The number of urea groups is 1. The van der Waals surface area contributed by atoms with Crippen molar-refractivity contribution < 1.29 is 4.79 Å². The number of carbonyl (C=O) groups excluding carboxylic acids is 1. The summed E-state index contributed by atoms with van der Waals surface area (Å²) in [5.41, 5.74) is 1.03. The number of nitrogens with zero attached hydrogens (tertiary/aromatic N) is 2. The van der Waals surface area contributed by atoms with E-state index in [0.29, 0.717) is 11.6 Å². The van der Waals surface area contributed by atoms with E-state index in [4.69, 9.17) is 11.6 Å². The summed E-state index contributed by atoms with van der Waals surface area (Å²) in [5, 5.41) is 4.44. The summed E-state index contributed by atoms with van der Waals surface area (Å²) in [5.74, 6) is 0. The SMILES string of the molecule is CN(C)C(=O)NCc1cnc(-c2ccc(Cl)cc2)s1. The van der Waals surface area contributed by atoms with Crippen molar-refractivity contribution in [3.05, 3.63) is 40.4 Å². The summed E-state index contributed by atoms with van der Waals surface area (Å²) in [4.78, 5) is 18.3. The second-order valence-corrected chi connectivity index (χ2v) is 5.74. The van der Waals surface area contributed by atoms with E-state index in [1.165, 1.54) is 4.90 Å². The molecule has 0 saturated heterocycles. The molecule has 2 rings (SSSR count). The maximum Gasteiger partial charge on any atom is 0.317 e. The molecule has 1 aromatic heterocycles. The van der Waals surface area contributed by atoms with Crippen LogP contribution >= 0.6 is 22.9 Å². The number of hydrogen-bond donors (Lipinski definition) is 1. The van der Waals surface area contributed by atoms with E-state index in [1.54, 1.807) is 31.6 Å². The van der Waals surface area contributed by atoms with Gasteiger partial charge in [-0.25, -0.2) is 9.78 Å². The first-order chi connectivity index (χ1) is 9.06. The zero-order valence-electron chi connectivity index (χ0n) is 10.7. The molecule has 1 N–H and O–H groups in total. The Morgan fingerprint density at radius 1 is 1.37 bits per heavy atom. The van der Waals surface area contributed by atoms with E-state index < -0.39 is 0 Å². The molecule has 0 saturated carbocycles. The van der Waals surface area contributed by atoms with Gasteiger partial charge in [-0.3, -0.25) is 0 Å². The Morgan fingerprint density at radius 2 is 2.05 bits per heavy atom. The number of amides is 2. The van der Waals surface area contributed by atoms with Crippen LogP contribution in [0.4, 0.5) is 4.79 Å². The van der Waals surface area contributed by atoms with Crippen molar-refractivity contribution in [1.29, 1.82) is 0 Å². The van der Waals surface area contributed by atoms with Gasteiger partial charge >= 0.3 is 6.03 Å². The smallest absolute Gasteiger partial charge is 0.317 e. The third-order valence-corrected chi connectivity index (χ3v) is 3.76. The Hall–Kier alpha value is -1.59. The number of carbonyl (C=O) groups is 1. The van der Waals surface area contributed by atoms with Gasteiger partial charge in [0.1, 0.15) is 5.01 Å². The molecule has 0 aliphatic heterocycles. The minimum absolute atomic E-state index is 0.110. The van der Waals surface area contributed by atoms with Crippen LogP contribution in [-0.2, 0) is 6.54 Å². The van der Waals surface area contributed by atoms with Crippen LogP contribution in [0.25, 0.3) is 10.6 Å². The second-order valence-electron chi connectivity index (χ2n) is 4.19. The van der Waals surface area contributed by atoms with E-state index in [1.807, 2.05) is 24.3 Å². The van der Waals surface area contributed by atoms with E-state index in [-0.39, 0.29) is 6.03 Å². The van der Waals surface area contributed by atoms with E-state index in [0.717, 1.165) is 15.4 Å². The van der Waals surface area contributed by atoms with Crippen LogP contribution in [0.2, 0.25) is 5.02 Å². The molecule has 0 aliphatic carbocycles. The van der Waals surface area contributed by atoms with Crippen LogP contribution in [0.5, 0.6) is 0 Å². The van der Waals surface area contributed by atoms with Gasteiger partial charge in [0.15, 0.2) is 0 Å². The number of hydrogen-bond acceptors (Lipinski definition) is 3. The van der Waals surface area contributed by atoms with Crippen LogP contribution in [0.15, 0.2) is 30.5 Å². The largest absolute Gasteiger partial charge is 0.333 e. The van der Waals surface area contributed by atoms with Gasteiger partial charge in [-0.05, 0) is 12.1 Å². The average molecular weight is 296 g/mol. The van der Waals surface area contributed by atoms with Crippen LogP contribution in [0, 0.1) is 0 Å². The van der Waals surface area contributed by atoms with Crippen LogP contribution in [-0.4, -0.2) is 30.0 Å². The van der Waals surface area contributed by atoms with Gasteiger partial charge in [0.25, 0.3) is 0 Å². The second kappa shape index (κ2) is 6.04. The monoisotopic (exact) mass is 295 g/mol. The van der Waals surface area contributed by atoms with Crippen LogP contribution in [0.1, 0.15) is 4.88 Å². The summed E-state index contributed by atoms with van der Waals surface area (Å²) in [6.45, 7) is 0.488. The Morgan fingerprint density at radius 3 is 2.68 bits per heavy atom. The molecule has 1 aromatic carbocycles. The third-order valence-electron chi connectivity index (χ3n) is 2.46. The van der Waals surface area contributed by atoms with Gasteiger partial charge in [0.2, 0.25) is 0 Å². The quantitative estimate of drug-likeness (QED) is 0.945. The lowest BCUT2D eigenvalue weighted by molar-refractivity contribution is 0.217. The lowest BCUT2D eigenvalue weighted by Gasteiger charge is -2.10. The Labute approximate surface area is 121 Å². The zero-order valence-corrected chi connectivity index (χ0v) is 12.3. The fraction of sp³-hybridized carbons (Fsp3) is 0.231. The van der Waals surface area contributed by atoms with Gasteiger partial charge in [-0.2, -0.15) is 0 Å². The molecule has 0 atom stereocenters. The molecule has 0 fully saturated rings. The van der Waals surface area contributed by atoms with E-state index >= 15 is 0 Å². The van der Waals surface area contributed by atoms with E-state index in [2.05, 4.69) is 10.3 Å². The van der Waals surface area contributed by atoms with Gasteiger partial charge in [0, 0.05) is 35.8 Å². The number of nitrogens with one attached hydrogen (secondary N) is 1. The fourth-order valence-corrected chi connectivity index (χ4v) is 2.42. The minimum Gasteiger partial charge on any atom is -0.333 e. The molecule has 0 unspecified atom stereocenters. The molecule has 1 heterocycles. The van der Waals surface area contributed by atoms with Crippen molar-refractivity contribution in [1.82, 2.24) is 15.2 Å². The number of aromatic nitrogens is 1. The molecule has 2 amide bonds. The summed E-state index contributed by atoms with van der Waals surface area (Å²) in [7, 11) is 3.42. The fourth-order valence-electron chi connectivity index (χ4n) is 1.44. The highest BCUT2D eigenvalue weighted by Gasteiger charge is 2.07. The minimum atomic E-state index is -0.110. The van der Waals surface area contributed by atoms with Crippen molar-refractivity contribution in [3.8, 4) is 10.6 Å². The molecule has 0 bridgehead atoms. The molecular weight excluding hydrogens is 282 g/mol. The molecule has 4 nitrogen and oxygen atoms in total. The lowest BCUT2D eigenvalue weighted by atomic mass is 10.2. The van der Waals surface area contributed by atoms with Gasteiger partial charge in [-0.1, -0.05) is 23.7 Å². The molecule has 0 radical (unpaired) electrons. The molecular formula is C13H14ClN3OS. The molecule has 2 aromatic rings. The maximum atomic E-state index is 11.4. The Balaban J connectivity index is 2.03. The molecule has 0 aliphatic rings. The number of halogens is 1. The summed E-state index contributed by atoms with van der Waals surface area (Å²) >= 11 is 7.41. The van der Waals surface area contributed by atoms with Crippen molar-refractivity contribution in [2.24, 2.45) is 0 Å². The number of benzene rings is 1. The summed E-state index contributed by atoms with van der Waals surface area (Å²) in [6, 6.07) is 7.44. The molecule has 6 heteroatoms. The van der Waals surface area contributed by atoms with Gasteiger partial charge in [0.05, 0.1) is 6.54 Å². The Kier molecular flexibility index (Phi) is 4.39. The summed E-state index contributed by atoms with van der Waals surface area (Å²) < 4.78 is 0. The highest BCUT2D eigenvalue weighted by molar-refractivity contribution is 7.15. The molecule has 0 spiro atoms. The first kappa shape index (κ1) is 13.8. The third kappa shape index (κ3) is 3.68. The highest BCUT2D eigenvalue weighted by Crippen LogP contribution is 2.26.